The second-order valence-electron chi connectivity index (χ2n) is 7.96. The van der Waals surface area contributed by atoms with Crippen LogP contribution in [-0.4, -0.2) is 35.6 Å². The molecule has 0 aliphatic carbocycles. The van der Waals surface area contributed by atoms with Gasteiger partial charge in [-0.25, -0.2) is 0 Å². The number of likely N-dealkylation sites (N-methyl/N-ethyl adjacent to an activating group) is 1. The van der Waals surface area contributed by atoms with Gasteiger partial charge in [0.2, 0.25) is 11.8 Å². The smallest absolute Gasteiger partial charge is 0.242 e. The molecule has 0 heterocycles. The highest BCUT2D eigenvalue weighted by Gasteiger charge is 2.30. The number of nitrogens with zero attached hydrogens (tertiary/aromatic N) is 1. The van der Waals surface area contributed by atoms with Crippen LogP contribution in [0.15, 0.2) is 72.8 Å². The Balaban J connectivity index is 1.84. The van der Waals surface area contributed by atoms with E-state index in [1.807, 2.05) is 61.5 Å². The molecule has 1 atom stereocenters. The fraction of sp³-hybridized carbons (Fsp3) is 0.259. The molecule has 0 radical (unpaired) electrons. The number of halogens is 2. The molecule has 3 rings (SSSR count). The van der Waals surface area contributed by atoms with E-state index in [0.717, 1.165) is 22.3 Å². The Morgan fingerprint density at radius 1 is 0.941 bits per heavy atom. The molecule has 1 N–H and O–H groups in total. The minimum atomic E-state index is -0.635. The topological polar surface area (TPSA) is 49.4 Å². The highest BCUT2D eigenvalue weighted by atomic mass is 35.5. The molecule has 178 valence electrons. The molecule has 0 saturated heterocycles. The third-order valence-corrected chi connectivity index (χ3v) is 7.31. The Labute approximate surface area is 215 Å². The van der Waals surface area contributed by atoms with Crippen molar-refractivity contribution in [2.75, 3.05) is 12.8 Å². The van der Waals surface area contributed by atoms with Crippen molar-refractivity contribution in [1.82, 2.24) is 10.2 Å². The number of hydrogen-bond donors (Lipinski definition) is 1. The summed E-state index contributed by atoms with van der Waals surface area (Å²) in [6.07, 6.45) is 0.430. The number of amides is 2. The quantitative estimate of drug-likeness (QED) is 0.365. The Morgan fingerprint density at radius 3 is 2.24 bits per heavy atom. The van der Waals surface area contributed by atoms with Gasteiger partial charge in [0.25, 0.3) is 0 Å². The molecule has 4 nitrogen and oxygen atoms in total. The molecule has 0 fully saturated rings. The van der Waals surface area contributed by atoms with Gasteiger partial charge in [0.15, 0.2) is 0 Å². The summed E-state index contributed by atoms with van der Waals surface area (Å²) in [7, 11) is 1.60. The lowest BCUT2D eigenvalue weighted by molar-refractivity contribution is -0.139. The number of benzene rings is 3. The molecule has 0 saturated carbocycles. The highest BCUT2D eigenvalue weighted by molar-refractivity contribution is 7.99. The molecule has 3 aromatic rings. The van der Waals surface area contributed by atoms with E-state index < -0.39 is 6.04 Å². The van der Waals surface area contributed by atoms with Gasteiger partial charge in [0.05, 0.1) is 5.75 Å². The first-order valence-electron chi connectivity index (χ1n) is 11.0. The second-order valence-corrected chi connectivity index (χ2v) is 9.76. The van der Waals surface area contributed by atoms with Crippen molar-refractivity contribution in [2.45, 2.75) is 31.7 Å². The summed E-state index contributed by atoms with van der Waals surface area (Å²) in [5.41, 5.74) is 3.89. The molecule has 3 aromatic carbocycles. The maximum Gasteiger partial charge on any atom is 0.242 e. The summed E-state index contributed by atoms with van der Waals surface area (Å²) < 4.78 is 0. The van der Waals surface area contributed by atoms with Crippen LogP contribution in [0.4, 0.5) is 0 Å². The minimum absolute atomic E-state index is 0.110. The van der Waals surface area contributed by atoms with Gasteiger partial charge in [-0.15, -0.1) is 11.8 Å². The van der Waals surface area contributed by atoms with Gasteiger partial charge in [-0.3, -0.25) is 9.59 Å². The number of carbonyl (C=O) groups is 2. The fourth-order valence-corrected chi connectivity index (χ4v) is 5.33. The number of aryl methyl sites for hydroxylation is 1. The van der Waals surface area contributed by atoms with Gasteiger partial charge in [0, 0.05) is 35.8 Å². The van der Waals surface area contributed by atoms with Crippen LogP contribution >= 0.6 is 35.0 Å². The first-order valence-corrected chi connectivity index (χ1v) is 12.9. The van der Waals surface area contributed by atoms with Crippen LogP contribution in [-0.2, 0) is 28.3 Å². The average Bonchev–Trinajstić information content (AvgIpc) is 2.84. The second kappa shape index (κ2) is 12.8. The Morgan fingerprint density at radius 2 is 1.59 bits per heavy atom. The van der Waals surface area contributed by atoms with Crippen molar-refractivity contribution < 1.29 is 9.59 Å². The molecule has 0 bridgehead atoms. The molecular formula is C27H28Cl2N2O2S. The third kappa shape index (κ3) is 7.02. The lowest BCUT2D eigenvalue weighted by Gasteiger charge is -2.31. The zero-order valence-electron chi connectivity index (χ0n) is 19.3. The Kier molecular flexibility index (Phi) is 9.87. The van der Waals surface area contributed by atoms with Gasteiger partial charge in [-0.2, -0.15) is 0 Å². The van der Waals surface area contributed by atoms with Gasteiger partial charge in [-0.05, 0) is 41.3 Å². The van der Waals surface area contributed by atoms with E-state index in [2.05, 4.69) is 5.32 Å². The predicted octanol–water partition coefficient (Wildman–Crippen LogP) is 5.92. The average molecular weight is 516 g/mol. The summed E-state index contributed by atoms with van der Waals surface area (Å²) in [6.45, 7) is 2.36. The predicted molar refractivity (Wildman–Crippen MR) is 142 cm³/mol. The van der Waals surface area contributed by atoms with Crippen LogP contribution in [0, 0.1) is 6.92 Å². The molecular weight excluding hydrogens is 487 g/mol. The molecule has 34 heavy (non-hydrogen) atoms. The number of rotatable bonds is 10. The molecule has 2 amide bonds. The van der Waals surface area contributed by atoms with Crippen molar-refractivity contribution in [3.05, 3.63) is 105 Å². The maximum atomic E-state index is 13.5. The minimum Gasteiger partial charge on any atom is -0.357 e. The maximum absolute atomic E-state index is 13.5. The summed E-state index contributed by atoms with van der Waals surface area (Å²) in [4.78, 5) is 28.2. The monoisotopic (exact) mass is 514 g/mol. The van der Waals surface area contributed by atoms with Gasteiger partial charge >= 0.3 is 0 Å². The van der Waals surface area contributed by atoms with Crippen molar-refractivity contribution in [1.29, 1.82) is 0 Å². The molecule has 0 aliphatic heterocycles. The summed E-state index contributed by atoms with van der Waals surface area (Å²) in [6, 6.07) is 22.4. The SMILES string of the molecule is CNC(=O)[C@H](Cc1ccccc1)N(Cc1ccccc1C)C(=O)CSCc1c(Cl)cccc1Cl. The molecule has 0 spiro atoms. The number of nitrogens with one attached hydrogen (secondary N) is 1. The lowest BCUT2D eigenvalue weighted by Crippen LogP contribution is -2.50. The Hall–Kier alpha value is -2.47. The zero-order valence-corrected chi connectivity index (χ0v) is 21.6. The van der Waals surface area contributed by atoms with E-state index in [1.165, 1.54) is 11.8 Å². The van der Waals surface area contributed by atoms with Crippen LogP contribution in [0.1, 0.15) is 22.3 Å². The summed E-state index contributed by atoms with van der Waals surface area (Å²) in [5, 5.41) is 3.90. The van der Waals surface area contributed by atoms with E-state index in [0.29, 0.717) is 28.8 Å². The highest BCUT2D eigenvalue weighted by Crippen LogP contribution is 2.28. The lowest BCUT2D eigenvalue weighted by atomic mass is 10.0. The first kappa shape index (κ1) is 26.1. The van der Waals surface area contributed by atoms with Crippen LogP contribution in [0.3, 0.4) is 0 Å². The molecule has 0 aliphatic rings. The van der Waals surface area contributed by atoms with E-state index in [-0.39, 0.29) is 17.6 Å². The van der Waals surface area contributed by atoms with E-state index in [9.17, 15) is 9.59 Å². The van der Waals surface area contributed by atoms with Gasteiger partial charge in [0.1, 0.15) is 6.04 Å². The summed E-state index contributed by atoms with van der Waals surface area (Å²) in [5.74, 6) is 0.410. The largest absolute Gasteiger partial charge is 0.357 e. The summed E-state index contributed by atoms with van der Waals surface area (Å²) >= 11 is 14.0. The normalized spacial score (nSPS) is 11.6. The Bertz CT molecular complexity index is 1100. The van der Waals surface area contributed by atoms with Crippen LogP contribution in [0.2, 0.25) is 10.0 Å². The molecule has 0 aromatic heterocycles. The van der Waals surface area contributed by atoms with Crippen molar-refractivity contribution in [3.63, 3.8) is 0 Å². The first-order chi connectivity index (χ1) is 16.4. The van der Waals surface area contributed by atoms with Crippen molar-refractivity contribution >= 4 is 46.8 Å². The van der Waals surface area contributed by atoms with E-state index in [4.69, 9.17) is 23.2 Å². The number of carbonyl (C=O) groups excluding carboxylic acids is 2. The van der Waals surface area contributed by atoms with Crippen molar-refractivity contribution in [2.24, 2.45) is 0 Å². The van der Waals surface area contributed by atoms with Gasteiger partial charge < -0.3 is 10.2 Å². The third-order valence-electron chi connectivity index (χ3n) is 5.65. The van der Waals surface area contributed by atoms with Crippen molar-refractivity contribution in [3.8, 4) is 0 Å². The molecule has 7 heteroatoms. The van der Waals surface area contributed by atoms with Crippen LogP contribution in [0.5, 0.6) is 0 Å². The fourth-order valence-electron chi connectivity index (χ4n) is 3.69. The van der Waals surface area contributed by atoms with E-state index in [1.54, 1.807) is 30.1 Å². The van der Waals surface area contributed by atoms with E-state index >= 15 is 0 Å². The van der Waals surface area contributed by atoms with Crippen LogP contribution in [0.25, 0.3) is 0 Å². The number of hydrogen-bond acceptors (Lipinski definition) is 3. The number of thioether (sulfide) groups is 1. The standard InChI is InChI=1S/C27H28Cl2N2O2S/c1-19-9-6-7-12-21(19)16-31(25(27(33)30-2)15-20-10-4-3-5-11-20)26(32)18-34-17-22-23(28)13-8-14-24(22)29/h3-14,25H,15-18H2,1-2H3,(H,30,33)/t25-/m0/s1. The van der Waals surface area contributed by atoms with Crippen LogP contribution < -0.4 is 5.32 Å². The molecule has 0 unspecified atom stereocenters. The van der Waals surface area contributed by atoms with Gasteiger partial charge in [-0.1, -0.05) is 83.9 Å². The zero-order chi connectivity index (χ0) is 24.5.